The van der Waals surface area contributed by atoms with Gasteiger partial charge in [-0.1, -0.05) is 76.2 Å². The van der Waals surface area contributed by atoms with Gasteiger partial charge in [0.05, 0.1) is 15.5 Å². The monoisotopic (exact) mass is 476 g/mol. The van der Waals surface area contributed by atoms with Crippen LogP contribution in [0.15, 0.2) is 81.4 Å². The van der Waals surface area contributed by atoms with Gasteiger partial charge in [-0.15, -0.1) is 0 Å². The molecule has 4 nitrogen and oxygen atoms in total. The van der Waals surface area contributed by atoms with Crippen LogP contribution in [-0.2, 0) is 21.9 Å². The van der Waals surface area contributed by atoms with Crippen molar-refractivity contribution in [3.05, 3.63) is 83.4 Å². The van der Waals surface area contributed by atoms with Gasteiger partial charge < -0.3 is 5.32 Å². The molecule has 0 saturated heterocycles. The Morgan fingerprint density at radius 1 is 1.00 bits per heavy atom. The normalized spacial score (nSPS) is 11.4. The Kier molecular flexibility index (Phi) is 6.82. The summed E-state index contributed by atoms with van der Waals surface area (Å²) >= 11 is 4.83. The minimum atomic E-state index is -3.89. The van der Waals surface area contributed by atoms with Crippen LogP contribution in [0.4, 0.5) is 5.69 Å². The molecule has 3 rings (SSSR count). The molecule has 7 heteroatoms. The molecule has 0 unspecified atom stereocenters. The van der Waals surface area contributed by atoms with Crippen molar-refractivity contribution < 1.29 is 8.42 Å². The standard InChI is InChI=1S/C21H21BrN2O2S2/c1-15-7-5-6-10-19(15)27-21-18(24-14-16-8-3-2-4-9-16)11-17(13-22)12-20(21)28(23,25)26/h2-12,24H,13-14H2,1H3,(H2,23,25,26). The quantitative estimate of drug-likeness (QED) is 0.453. The Morgan fingerprint density at radius 3 is 2.32 bits per heavy atom. The summed E-state index contributed by atoms with van der Waals surface area (Å²) in [4.78, 5) is 1.73. The topological polar surface area (TPSA) is 72.2 Å². The van der Waals surface area contributed by atoms with Crippen LogP contribution >= 0.6 is 27.7 Å². The predicted molar refractivity (Wildman–Crippen MR) is 120 cm³/mol. The van der Waals surface area contributed by atoms with Crippen LogP contribution in [0.25, 0.3) is 0 Å². The van der Waals surface area contributed by atoms with E-state index in [1.54, 1.807) is 6.07 Å². The highest BCUT2D eigenvalue weighted by Crippen LogP contribution is 2.40. The molecule has 3 aromatic rings. The van der Waals surface area contributed by atoms with E-state index in [1.807, 2.05) is 67.6 Å². The van der Waals surface area contributed by atoms with Gasteiger partial charge in [0, 0.05) is 16.8 Å². The lowest BCUT2D eigenvalue weighted by atomic mass is 10.2. The molecule has 0 bridgehead atoms. The van der Waals surface area contributed by atoms with Crippen LogP contribution in [0.1, 0.15) is 16.7 Å². The van der Waals surface area contributed by atoms with Gasteiger partial charge in [-0.3, -0.25) is 0 Å². The average molecular weight is 477 g/mol. The highest BCUT2D eigenvalue weighted by molar-refractivity contribution is 9.08. The molecule has 0 radical (unpaired) electrons. The summed E-state index contributed by atoms with van der Waals surface area (Å²) in [6, 6.07) is 21.5. The molecule has 0 atom stereocenters. The van der Waals surface area contributed by atoms with Crippen molar-refractivity contribution in [1.82, 2.24) is 0 Å². The van der Waals surface area contributed by atoms with Crippen molar-refractivity contribution in [1.29, 1.82) is 0 Å². The number of sulfonamides is 1. The molecule has 0 amide bonds. The molecule has 0 saturated carbocycles. The van der Waals surface area contributed by atoms with Crippen LogP contribution in [0.5, 0.6) is 0 Å². The number of aryl methyl sites for hydroxylation is 1. The van der Waals surface area contributed by atoms with E-state index < -0.39 is 10.0 Å². The Hall–Kier alpha value is -1.80. The first-order valence-electron chi connectivity index (χ1n) is 8.65. The molecular formula is C21H21BrN2O2S2. The maximum absolute atomic E-state index is 12.3. The number of halogens is 1. The number of anilines is 1. The zero-order chi connectivity index (χ0) is 20.1. The summed E-state index contributed by atoms with van der Waals surface area (Å²) in [6.07, 6.45) is 0. The molecule has 0 spiro atoms. The minimum absolute atomic E-state index is 0.133. The highest BCUT2D eigenvalue weighted by atomic mass is 79.9. The number of hydrogen-bond acceptors (Lipinski definition) is 4. The van der Waals surface area contributed by atoms with Crippen molar-refractivity contribution in [2.75, 3.05) is 5.32 Å². The van der Waals surface area contributed by atoms with Gasteiger partial charge >= 0.3 is 0 Å². The molecule has 0 aromatic heterocycles. The van der Waals surface area contributed by atoms with Gasteiger partial charge in [0.25, 0.3) is 0 Å². The molecular weight excluding hydrogens is 456 g/mol. The molecule has 0 aliphatic carbocycles. The fourth-order valence-corrected chi connectivity index (χ4v) is 5.24. The van der Waals surface area contributed by atoms with Crippen molar-refractivity contribution in [2.45, 2.75) is 33.5 Å². The summed E-state index contributed by atoms with van der Waals surface area (Å²) in [7, 11) is -3.89. The van der Waals surface area contributed by atoms with E-state index in [1.165, 1.54) is 11.8 Å². The largest absolute Gasteiger partial charge is 0.380 e. The number of rotatable bonds is 7. The number of primary sulfonamides is 1. The Morgan fingerprint density at radius 2 is 1.68 bits per heavy atom. The van der Waals surface area contributed by atoms with E-state index in [9.17, 15) is 8.42 Å². The second kappa shape index (κ2) is 9.13. The highest BCUT2D eigenvalue weighted by Gasteiger charge is 2.21. The minimum Gasteiger partial charge on any atom is -0.380 e. The molecule has 0 fully saturated rings. The zero-order valence-corrected chi connectivity index (χ0v) is 18.6. The average Bonchev–Trinajstić information content (AvgIpc) is 2.68. The third-order valence-electron chi connectivity index (χ3n) is 4.21. The smallest absolute Gasteiger partial charge is 0.239 e. The molecule has 0 heterocycles. The maximum atomic E-state index is 12.3. The lowest BCUT2D eigenvalue weighted by molar-refractivity contribution is 0.595. The molecule has 0 aliphatic rings. The first kappa shape index (κ1) is 20.9. The molecule has 0 aliphatic heterocycles. The van der Waals surface area contributed by atoms with E-state index >= 15 is 0 Å². The van der Waals surface area contributed by atoms with E-state index in [-0.39, 0.29) is 4.90 Å². The van der Waals surface area contributed by atoms with Gasteiger partial charge in [0.15, 0.2) is 0 Å². The van der Waals surface area contributed by atoms with Gasteiger partial charge in [-0.25, -0.2) is 13.6 Å². The zero-order valence-electron chi connectivity index (χ0n) is 15.4. The third kappa shape index (κ3) is 5.17. The number of hydrogen-bond donors (Lipinski definition) is 2. The summed E-state index contributed by atoms with van der Waals surface area (Å²) in [5.41, 5.74) is 3.77. The summed E-state index contributed by atoms with van der Waals surface area (Å²) in [5.74, 6) is 0. The van der Waals surface area contributed by atoms with Crippen LogP contribution in [0.3, 0.4) is 0 Å². The SMILES string of the molecule is Cc1ccccc1Sc1c(NCc2ccccc2)cc(CBr)cc1S(N)(=O)=O. The summed E-state index contributed by atoms with van der Waals surface area (Å²) in [6.45, 7) is 2.58. The second-order valence-electron chi connectivity index (χ2n) is 6.36. The summed E-state index contributed by atoms with van der Waals surface area (Å²) < 4.78 is 24.7. The lowest BCUT2D eigenvalue weighted by Gasteiger charge is -2.17. The predicted octanol–water partition coefficient (Wildman–Crippen LogP) is 5.30. The Bertz CT molecular complexity index is 1070. The number of nitrogens with one attached hydrogen (secondary N) is 1. The molecule has 3 aromatic carbocycles. The van der Waals surface area contributed by atoms with Gasteiger partial charge in [-0.05, 0) is 41.8 Å². The van der Waals surface area contributed by atoms with E-state index in [0.29, 0.717) is 16.8 Å². The lowest BCUT2D eigenvalue weighted by Crippen LogP contribution is -2.15. The number of benzene rings is 3. The maximum Gasteiger partial charge on any atom is 0.239 e. The van der Waals surface area contributed by atoms with Crippen molar-refractivity contribution in [2.24, 2.45) is 5.14 Å². The third-order valence-corrected chi connectivity index (χ3v) is 7.24. The van der Waals surface area contributed by atoms with Crippen molar-refractivity contribution in [3.63, 3.8) is 0 Å². The van der Waals surface area contributed by atoms with Gasteiger partial charge in [-0.2, -0.15) is 0 Å². The van der Waals surface area contributed by atoms with Gasteiger partial charge in [0.2, 0.25) is 10.0 Å². The van der Waals surface area contributed by atoms with E-state index in [0.717, 1.165) is 27.3 Å². The first-order valence-corrected chi connectivity index (χ1v) is 12.1. The molecule has 28 heavy (non-hydrogen) atoms. The Balaban J connectivity index is 2.08. The summed E-state index contributed by atoms with van der Waals surface area (Å²) in [5, 5.41) is 9.49. The van der Waals surface area contributed by atoms with Crippen molar-refractivity contribution >= 4 is 43.4 Å². The van der Waals surface area contributed by atoms with Crippen LogP contribution in [-0.4, -0.2) is 8.42 Å². The fraction of sp³-hybridized carbons (Fsp3) is 0.143. The van der Waals surface area contributed by atoms with E-state index in [2.05, 4.69) is 21.2 Å². The molecule has 146 valence electrons. The number of alkyl halides is 1. The van der Waals surface area contributed by atoms with Crippen LogP contribution in [0, 0.1) is 6.92 Å². The second-order valence-corrected chi connectivity index (χ2v) is 9.50. The van der Waals surface area contributed by atoms with Gasteiger partial charge in [0.1, 0.15) is 0 Å². The van der Waals surface area contributed by atoms with Crippen LogP contribution in [0.2, 0.25) is 0 Å². The van der Waals surface area contributed by atoms with E-state index in [4.69, 9.17) is 5.14 Å². The Labute approximate surface area is 178 Å². The first-order chi connectivity index (χ1) is 13.4. The van der Waals surface area contributed by atoms with Crippen molar-refractivity contribution in [3.8, 4) is 0 Å². The fourth-order valence-electron chi connectivity index (χ4n) is 2.76. The number of nitrogens with two attached hydrogens (primary N) is 1. The van der Waals surface area contributed by atoms with Crippen LogP contribution < -0.4 is 10.5 Å². The molecule has 3 N–H and O–H groups in total.